The number of amides is 1. The molecule has 1 saturated carbocycles. The molecular weight excluding hydrogens is 248 g/mol. The third kappa shape index (κ3) is 2.88. The molecule has 2 unspecified atom stereocenters. The molecule has 20 heavy (non-hydrogen) atoms. The second-order valence-electron chi connectivity index (χ2n) is 6.25. The highest BCUT2D eigenvalue weighted by molar-refractivity contribution is 5.94. The van der Waals surface area contributed by atoms with Crippen LogP contribution in [0.5, 0.6) is 0 Å². The SMILES string of the molecule is CC1CCCCC1NC(=O)c1ccc2c(c1)CCNC2. The fourth-order valence-corrected chi connectivity index (χ4v) is 3.40. The van der Waals surface area contributed by atoms with Crippen LogP contribution in [0.1, 0.15) is 54.1 Å². The van der Waals surface area contributed by atoms with Crippen molar-refractivity contribution in [2.45, 2.75) is 51.6 Å². The van der Waals surface area contributed by atoms with E-state index in [9.17, 15) is 4.79 Å². The Morgan fingerprint density at radius 1 is 1.25 bits per heavy atom. The van der Waals surface area contributed by atoms with E-state index in [1.54, 1.807) is 0 Å². The Hall–Kier alpha value is -1.35. The van der Waals surface area contributed by atoms with E-state index in [1.807, 2.05) is 6.07 Å². The molecule has 0 bridgehead atoms. The maximum absolute atomic E-state index is 12.4. The molecule has 3 heteroatoms. The third-order valence-electron chi connectivity index (χ3n) is 4.78. The van der Waals surface area contributed by atoms with Crippen molar-refractivity contribution in [1.29, 1.82) is 0 Å². The third-order valence-corrected chi connectivity index (χ3v) is 4.78. The van der Waals surface area contributed by atoms with E-state index in [1.165, 1.54) is 30.4 Å². The molecule has 0 saturated heterocycles. The predicted molar refractivity (Wildman–Crippen MR) is 80.7 cm³/mol. The van der Waals surface area contributed by atoms with Crippen molar-refractivity contribution in [2.24, 2.45) is 5.92 Å². The van der Waals surface area contributed by atoms with Gasteiger partial charge in [0.1, 0.15) is 0 Å². The van der Waals surface area contributed by atoms with Gasteiger partial charge in [-0.15, -0.1) is 0 Å². The van der Waals surface area contributed by atoms with Crippen molar-refractivity contribution < 1.29 is 4.79 Å². The Labute approximate surface area is 121 Å². The summed E-state index contributed by atoms with van der Waals surface area (Å²) in [6.07, 6.45) is 5.93. The smallest absolute Gasteiger partial charge is 0.251 e. The highest BCUT2D eigenvalue weighted by atomic mass is 16.1. The predicted octanol–water partition coefficient (Wildman–Crippen LogP) is 2.64. The number of carbonyl (C=O) groups is 1. The van der Waals surface area contributed by atoms with Crippen molar-refractivity contribution in [2.75, 3.05) is 6.54 Å². The first kappa shape index (κ1) is 13.6. The summed E-state index contributed by atoms with van der Waals surface area (Å²) >= 11 is 0. The van der Waals surface area contributed by atoms with Crippen molar-refractivity contribution in [3.63, 3.8) is 0 Å². The molecule has 1 aliphatic carbocycles. The largest absolute Gasteiger partial charge is 0.349 e. The zero-order chi connectivity index (χ0) is 13.9. The maximum atomic E-state index is 12.4. The van der Waals surface area contributed by atoms with Crippen molar-refractivity contribution in [3.8, 4) is 0 Å². The van der Waals surface area contributed by atoms with E-state index in [0.29, 0.717) is 12.0 Å². The molecule has 3 rings (SSSR count). The minimum atomic E-state index is 0.102. The van der Waals surface area contributed by atoms with E-state index in [-0.39, 0.29) is 5.91 Å². The minimum absolute atomic E-state index is 0.102. The van der Waals surface area contributed by atoms with Crippen molar-refractivity contribution in [3.05, 3.63) is 34.9 Å². The molecule has 1 aliphatic heterocycles. The molecular formula is C17H24N2O. The first-order valence-corrected chi connectivity index (χ1v) is 7.87. The molecule has 1 fully saturated rings. The van der Waals surface area contributed by atoms with Gasteiger partial charge in [0.2, 0.25) is 0 Å². The standard InChI is InChI=1S/C17H24N2O/c1-12-4-2-3-5-16(12)19-17(20)14-6-7-15-11-18-9-8-13(15)10-14/h6-7,10,12,16,18H,2-5,8-9,11H2,1H3,(H,19,20). The van der Waals surface area contributed by atoms with Gasteiger partial charge in [0, 0.05) is 18.2 Å². The van der Waals surface area contributed by atoms with Crippen LogP contribution in [0.3, 0.4) is 0 Å². The van der Waals surface area contributed by atoms with Crippen LogP contribution in [0, 0.1) is 5.92 Å². The van der Waals surface area contributed by atoms with Gasteiger partial charge in [-0.3, -0.25) is 4.79 Å². The number of benzene rings is 1. The molecule has 1 heterocycles. The summed E-state index contributed by atoms with van der Waals surface area (Å²) in [5.74, 6) is 0.708. The fraction of sp³-hybridized carbons (Fsp3) is 0.588. The van der Waals surface area contributed by atoms with E-state index >= 15 is 0 Å². The first-order valence-electron chi connectivity index (χ1n) is 7.87. The molecule has 2 aliphatic rings. The number of hydrogen-bond donors (Lipinski definition) is 2. The summed E-state index contributed by atoms with van der Waals surface area (Å²) < 4.78 is 0. The number of fused-ring (bicyclic) bond motifs is 1. The fourth-order valence-electron chi connectivity index (χ4n) is 3.40. The summed E-state index contributed by atoms with van der Waals surface area (Å²) in [6.45, 7) is 4.19. The van der Waals surface area contributed by atoms with Gasteiger partial charge >= 0.3 is 0 Å². The normalized spacial score (nSPS) is 25.9. The van der Waals surface area contributed by atoms with Crippen LogP contribution >= 0.6 is 0 Å². The van der Waals surface area contributed by atoms with Gasteiger partial charge in [-0.25, -0.2) is 0 Å². The number of nitrogens with one attached hydrogen (secondary N) is 2. The molecule has 0 radical (unpaired) electrons. The second-order valence-corrected chi connectivity index (χ2v) is 6.25. The van der Waals surface area contributed by atoms with E-state index in [2.05, 4.69) is 29.7 Å². The van der Waals surface area contributed by atoms with Gasteiger partial charge in [0.25, 0.3) is 5.91 Å². The lowest BCUT2D eigenvalue weighted by molar-refractivity contribution is 0.0910. The van der Waals surface area contributed by atoms with Gasteiger partial charge in [0.05, 0.1) is 0 Å². The van der Waals surface area contributed by atoms with Crippen LogP contribution in [0.2, 0.25) is 0 Å². The van der Waals surface area contributed by atoms with Gasteiger partial charge in [-0.2, -0.15) is 0 Å². The van der Waals surface area contributed by atoms with Gasteiger partial charge in [-0.05, 0) is 55.0 Å². The Morgan fingerprint density at radius 2 is 2.10 bits per heavy atom. The zero-order valence-electron chi connectivity index (χ0n) is 12.2. The molecule has 0 aromatic heterocycles. The Morgan fingerprint density at radius 3 is 2.95 bits per heavy atom. The first-order chi connectivity index (χ1) is 9.74. The zero-order valence-corrected chi connectivity index (χ0v) is 12.2. The van der Waals surface area contributed by atoms with Gasteiger partial charge < -0.3 is 10.6 Å². The lowest BCUT2D eigenvalue weighted by Gasteiger charge is -2.29. The number of carbonyl (C=O) groups excluding carboxylic acids is 1. The Bertz CT molecular complexity index is 498. The molecule has 1 aromatic rings. The Balaban J connectivity index is 1.70. The van der Waals surface area contributed by atoms with E-state index in [0.717, 1.165) is 31.5 Å². The lowest BCUT2D eigenvalue weighted by Crippen LogP contribution is -2.41. The van der Waals surface area contributed by atoms with E-state index < -0.39 is 0 Å². The average Bonchev–Trinajstić information content (AvgIpc) is 2.49. The number of rotatable bonds is 2. The molecule has 1 amide bonds. The van der Waals surface area contributed by atoms with Crippen LogP contribution in [0.4, 0.5) is 0 Å². The molecule has 2 N–H and O–H groups in total. The maximum Gasteiger partial charge on any atom is 0.251 e. The van der Waals surface area contributed by atoms with Crippen LogP contribution in [-0.2, 0) is 13.0 Å². The summed E-state index contributed by atoms with van der Waals surface area (Å²) in [6, 6.07) is 6.50. The van der Waals surface area contributed by atoms with E-state index in [4.69, 9.17) is 0 Å². The van der Waals surface area contributed by atoms with Gasteiger partial charge in [-0.1, -0.05) is 25.8 Å². The highest BCUT2D eigenvalue weighted by Gasteiger charge is 2.23. The summed E-state index contributed by atoms with van der Waals surface area (Å²) in [7, 11) is 0. The average molecular weight is 272 g/mol. The van der Waals surface area contributed by atoms with Crippen molar-refractivity contribution >= 4 is 5.91 Å². The quantitative estimate of drug-likeness (QED) is 0.869. The molecule has 2 atom stereocenters. The highest BCUT2D eigenvalue weighted by Crippen LogP contribution is 2.24. The molecule has 0 spiro atoms. The van der Waals surface area contributed by atoms with Crippen molar-refractivity contribution in [1.82, 2.24) is 10.6 Å². The summed E-state index contributed by atoms with van der Waals surface area (Å²) in [5.41, 5.74) is 3.48. The topological polar surface area (TPSA) is 41.1 Å². The molecule has 1 aromatic carbocycles. The van der Waals surface area contributed by atoms with Crippen LogP contribution in [-0.4, -0.2) is 18.5 Å². The second kappa shape index (κ2) is 5.96. The summed E-state index contributed by atoms with van der Waals surface area (Å²) in [5, 5.41) is 6.60. The molecule has 3 nitrogen and oxygen atoms in total. The Kier molecular flexibility index (Phi) is 4.06. The monoisotopic (exact) mass is 272 g/mol. The number of hydrogen-bond acceptors (Lipinski definition) is 2. The van der Waals surface area contributed by atoms with Crippen LogP contribution in [0.15, 0.2) is 18.2 Å². The van der Waals surface area contributed by atoms with Crippen LogP contribution < -0.4 is 10.6 Å². The molecule has 108 valence electrons. The summed E-state index contributed by atoms with van der Waals surface area (Å²) in [4.78, 5) is 12.4. The minimum Gasteiger partial charge on any atom is -0.349 e. The van der Waals surface area contributed by atoms with Crippen LogP contribution in [0.25, 0.3) is 0 Å². The van der Waals surface area contributed by atoms with Gasteiger partial charge in [0.15, 0.2) is 0 Å². The lowest BCUT2D eigenvalue weighted by atomic mass is 9.86.